The van der Waals surface area contributed by atoms with Crippen molar-refractivity contribution in [1.82, 2.24) is 9.97 Å². The number of benzene rings is 1. The summed E-state index contributed by atoms with van der Waals surface area (Å²) in [4.78, 5) is 7.94. The second-order valence-electron chi connectivity index (χ2n) is 3.53. The molecule has 6 heteroatoms. The van der Waals surface area contributed by atoms with Gasteiger partial charge in [0, 0.05) is 6.54 Å². The van der Waals surface area contributed by atoms with Gasteiger partial charge in [-0.3, -0.25) is 0 Å². The minimum atomic E-state index is -0.263. The zero-order valence-electron chi connectivity index (χ0n) is 9.65. The zero-order chi connectivity index (χ0) is 13.0. The number of hydrogen-bond donors (Lipinski definition) is 1. The third-order valence-electron chi connectivity index (χ3n) is 2.28. The van der Waals surface area contributed by atoms with Gasteiger partial charge >= 0.3 is 6.01 Å². The SMILES string of the molecule is COc1ncc(Cl)c(NCc2ccc(F)cc2)n1. The summed E-state index contributed by atoms with van der Waals surface area (Å²) in [5.41, 5.74) is 0.921. The average molecular weight is 268 g/mol. The Bertz CT molecular complexity index is 533. The van der Waals surface area contributed by atoms with Crippen molar-refractivity contribution in [2.24, 2.45) is 0 Å². The molecule has 0 unspecified atom stereocenters. The molecular formula is C12H11ClFN3O. The summed E-state index contributed by atoms with van der Waals surface area (Å²) in [6.45, 7) is 0.486. The van der Waals surface area contributed by atoms with E-state index in [2.05, 4.69) is 15.3 Å². The van der Waals surface area contributed by atoms with Gasteiger partial charge in [0.1, 0.15) is 10.8 Å². The van der Waals surface area contributed by atoms with Crippen molar-refractivity contribution in [2.75, 3.05) is 12.4 Å². The number of anilines is 1. The molecule has 0 saturated carbocycles. The van der Waals surface area contributed by atoms with Crippen molar-refractivity contribution in [2.45, 2.75) is 6.54 Å². The number of nitrogens with zero attached hydrogens (tertiary/aromatic N) is 2. The van der Waals surface area contributed by atoms with Crippen LogP contribution in [0.1, 0.15) is 5.56 Å². The van der Waals surface area contributed by atoms with E-state index in [1.54, 1.807) is 12.1 Å². The lowest BCUT2D eigenvalue weighted by Gasteiger charge is -2.08. The first-order valence-electron chi connectivity index (χ1n) is 5.24. The number of methoxy groups -OCH3 is 1. The number of nitrogens with one attached hydrogen (secondary N) is 1. The van der Waals surface area contributed by atoms with E-state index < -0.39 is 0 Å². The lowest BCUT2D eigenvalue weighted by molar-refractivity contribution is 0.380. The summed E-state index contributed by atoms with van der Waals surface area (Å²) < 4.78 is 17.6. The van der Waals surface area contributed by atoms with Gasteiger partial charge in [-0.05, 0) is 17.7 Å². The van der Waals surface area contributed by atoms with Crippen LogP contribution in [0, 0.1) is 5.82 Å². The molecule has 2 aromatic rings. The van der Waals surface area contributed by atoms with E-state index in [4.69, 9.17) is 16.3 Å². The Hall–Kier alpha value is -1.88. The molecule has 1 N–H and O–H groups in total. The molecule has 4 nitrogen and oxygen atoms in total. The van der Waals surface area contributed by atoms with Crippen LogP contribution in [0.4, 0.5) is 10.2 Å². The van der Waals surface area contributed by atoms with Crippen LogP contribution >= 0.6 is 11.6 Å². The topological polar surface area (TPSA) is 47.0 Å². The van der Waals surface area contributed by atoms with Gasteiger partial charge in [-0.15, -0.1) is 0 Å². The van der Waals surface area contributed by atoms with Crippen molar-refractivity contribution in [3.8, 4) is 6.01 Å². The van der Waals surface area contributed by atoms with Crippen LogP contribution in [-0.2, 0) is 6.54 Å². The van der Waals surface area contributed by atoms with E-state index >= 15 is 0 Å². The number of halogens is 2. The predicted molar refractivity (Wildman–Crippen MR) is 67.3 cm³/mol. The van der Waals surface area contributed by atoms with Crippen molar-refractivity contribution in [1.29, 1.82) is 0 Å². The molecule has 94 valence electrons. The van der Waals surface area contributed by atoms with Crippen LogP contribution in [0.25, 0.3) is 0 Å². The molecule has 1 aromatic carbocycles. The molecule has 1 aromatic heterocycles. The van der Waals surface area contributed by atoms with Gasteiger partial charge in [0.2, 0.25) is 0 Å². The highest BCUT2D eigenvalue weighted by atomic mass is 35.5. The third-order valence-corrected chi connectivity index (χ3v) is 2.55. The van der Waals surface area contributed by atoms with E-state index in [-0.39, 0.29) is 11.8 Å². The summed E-state index contributed by atoms with van der Waals surface area (Å²) in [6.07, 6.45) is 1.46. The van der Waals surface area contributed by atoms with Crippen LogP contribution in [0.15, 0.2) is 30.5 Å². The molecule has 18 heavy (non-hydrogen) atoms. The fraction of sp³-hybridized carbons (Fsp3) is 0.167. The van der Waals surface area contributed by atoms with Gasteiger partial charge in [-0.25, -0.2) is 9.37 Å². The molecule has 0 amide bonds. The quantitative estimate of drug-likeness (QED) is 0.925. The molecule has 0 aliphatic carbocycles. The Morgan fingerprint density at radius 3 is 2.72 bits per heavy atom. The molecule has 0 atom stereocenters. The van der Waals surface area contributed by atoms with E-state index in [1.165, 1.54) is 25.4 Å². The molecule has 0 saturated heterocycles. The van der Waals surface area contributed by atoms with Crippen molar-refractivity contribution < 1.29 is 9.13 Å². The molecule has 0 spiro atoms. The molecular weight excluding hydrogens is 257 g/mol. The Morgan fingerprint density at radius 1 is 1.33 bits per heavy atom. The standard InChI is InChI=1S/C12H11ClFN3O/c1-18-12-16-7-10(13)11(17-12)15-6-8-2-4-9(14)5-3-8/h2-5,7H,6H2,1H3,(H,15,16,17). The minimum absolute atomic E-state index is 0.237. The maximum atomic E-state index is 12.7. The minimum Gasteiger partial charge on any atom is -0.467 e. The number of ether oxygens (including phenoxy) is 1. The fourth-order valence-electron chi connectivity index (χ4n) is 1.36. The summed E-state index contributed by atoms with van der Waals surface area (Å²) in [7, 11) is 1.48. The van der Waals surface area contributed by atoms with E-state index in [1.807, 2.05) is 0 Å². The van der Waals surface area contributed by atoms with Gasteiger partial charge in [0.05, 0.1) is 13.3 Å². The first-order chi connectivity index (χ1) is 8.69. The number of aromatic nitrogens is 2. The van der Waals surface area contributed by atoms with E-state index in [9.17, 15) is 4.39 Å². The monoisotopic (exact) mass is 267 g/mol. The highest BCUT2D eigenvalue weighted by Gasteiger charge is 2.05. The summed E-state index contributed by atoms with van der Waals surface area (Å²) >= 11 is 5.94. The summed E-state index contributed by atoms with van der Waals surface area (Å²) in [5, 5.41) is 3.44. The van der Waals surface area contributed by atoms with Crippen LogP contribution in [-0.4, -0.2) is 17.1 Å². The molecule has 0 radical (unpaired) electrons. The maximum Gasteiger partial charge on any atom is 0.318 e. The Morgan fingerprint density at radius 2 is 2.06 bits per heavy atom. The molecule has 0 fully saturated rings. The van der Waals surface area contributed by atoms with Gasteiger partial charge < -0.3 is 10.1 Å². The molecule has 2 rings (SSSR count). The first-order valence-corrected chi connectivity index (χ1v) is 5.61. The van der Waals surface area contributed by atoms with Crippen molar-refractivity contribution in [3.63, 3.8) is 0 Å². The smallest absolute Gasteiger partial charge is 0.318 e. The van der Waals surface area contributed by atoms with Crippen LogP contribution in [0.3, 0.4) is 0 Å². The van der Waals surface area contributed by atoms with Crippen molar-refractivity contribution in [3.05, 3.63) is 46.9 Å². The molecule has 0 aliphatic rings. The summed E-state index contributed by atoms with van der Waals surface area (Å²) in [5.74, 6) is 0.216. The number of rotatable bonds is 4. The second kappa shape index (κ2) is 5.64. The molecule has 1 heterocycles. The second-order valence-corrected chi connectivity index (χ2v) is 3.94. The average Bonchev–Trinajstić information content (AvgIpc) is 2.40. The summed E-state index contributed by atoms with van der Waals surface area (Å²) in [6, 6.07) is 6.42. The van der Waals surface area contributed by atoms with Crippen LogP contribution in [0.2, 0.25) is 5.02 Å². The van der Waals surface area contributed by atoms with Gasteiger partial charge in [0.15, 0.2) is 5.82 Å². The number of hydrogen-bond acceptors (Lipinski definition) is 4. The maximum absolute atomic E-state index is 12.7. The van der Waals surface area contributed by atoms with Gasteiger partial charge in [-0.2, -0.15) is 4.98 Å². The largest absolute Gasteiger partial charge is 0.467 e. The molecule has 0 bridgehead atoms. The Balaban J connectivity index is 2.07. The normalized spacial score (nSPS) is 10.2. The van der Waals surface area contributed by atoms with Crippen LogP contribution < -0.4 is 10.1 Å². The zero-order valence-corrected chi connectivity index (χ0v) is 10.4. The highest BCUT2D eigenvalue weighted by Crippen LogP contribution is 2.20. The first kappa shape index (κ1) is 12.6. The van der Waals surface area contributed by atoms with Gasteiger partial charge in [-0.1, -0.05) is 23.7 Å². The Labute approximate surface area is 109 Å². The molecule has 0 aliphatic heterocycles. The highest BCUT2D eigenvalue weighted by molar-refractivity contribution is 6.32. The van der Waals surface area contributed by atoms with E-state index in [0.717, 1.165) is 5.56 Å². The van der Waals surface area contributed by atoms with Crippen molar-refractivity contribution >= 4 is 17.4 Å². The Kier molecular flexibility index (Phi) is 3.94. The predicted octanol–water partition coefficient (Wildman–Crippen LogP) is 2.89. The van der Waals surface area contributed by atoms with Crippen LogP contribution in [0.5, 0.6) is 6.01 Å². The lowest BCUT2D eigenvalue weighted by Crippen LogP contribution is -2.04. The lowest BCUT2D eigenvalue weighted by atomic mass is 10.2. The van der Waals surface area contributed by atoms with Gasteiger partial charge in [0.25, 0.3) is 0 Å². The fourth-order valence-corrected chi connectivity index (χ4v) is 1.52. The third kappa shape index (κ3) is 3.07. The van der Waals surface area contributed by atoms with E-state index in [0.29, 0.717) is 17.4 Å².